The summed E-state index contributed by atoms with van der Waals surface area (Å²) in [6, 6.07) is 0. The van der Waals surface area contributed by atoms with Crippen LogP contribution in [0.15, 0.2) is 52.7 Å². The first-order chi connectivity index (χ1) is 22.9. The van der Waals surface area contributed by atoms with Crippen molar-refractivity contribution in [1.82, 2.24) is 0 Å². The molecule has 260 valence electrons. The maximum Gasteiger partial charge on any atom is 0.330 e. The van der Waals surface area contributed by atoms with Gasteiger partial charge in [0.1, 0.15) is 22.7 Å². The lowest BCUT2D eigenvalue weighted by Crippen LogP contribution is -2.72. The van der Waals surface area contributed by atoms with Gasteiger partial charge in [0.05, 0.1) is 11.2 Å². The fraction of sp³-hybridized carbons (Fsp3) is 0.500. The second kappa shape index (κ2) is 11.7. The van der Waals surface area contributed by atoms with Crippen molar-refractivity contribution in [2.75, 3.05) is 0 Å². The minimum Gasteiger partial charge on any atom is -0.482 e. The van der Waals surface area contributed by atoms with E-state index in [4.69, 9.17) is 18.9 Å². The van der Waals surface area contributed by atoms with Crippen LogP contribution in [0.3, 0.4) is 0 Å². The molecule has 0 radical (unpaired) electrons. The van der Waals surface area contributed by atoms with Crippen LogP contribution >= 0.6 is 0 Å². The largest absolute Gasteiger partial charge is 0.482 e. The van der Waals surface area contributed by atoms with E-state index < -0.39 is 52.0 Å². The molecule has 0 aromatic heterocycles. The molecule has 3 aliphatic heterocycles. The molecule has 5 atom stereocenters. The van der Waals surface area contributed by atoms with Crippen molar-refractivity contribution in [3.8, 4) is 17.2 Å². The average molecular weight is 671 g/mol. The molecule has 3 heterocycles. The van der Waals surface area contributed by atoms with Gasteiger partial charge in [-0.2, -0.15) is 0 Å². The van der Waals surface area contributed by atoms with Gasteiger partial charge in [-0.15, -0.1) is 0 Å². The number of carboxylic acids is 1. The Hall–Kier alpha value is -4.24. The topological polar surface area (TPSA) is 125 Å². The van der Waals surface area contributed by atoms with E-state index in [0.29, 0.717) is 36.1 Å². The molecule has 1 N–H and O–H groups in total. The zero-order chi connectivity index (χ0) is 35.8. The highest BCUT2D eigenvalue weighted by molar-refractivity contribution is 6.19. The van der Waals surface area contributed by atoms with E-state index in [-0.39, 0.29) is 40.4 Å². The Morgan fingerprint density at radius 1 is 0.980 bits per heavy atom. The van der Waals surface area contributed by atoms with Gasteiger partial charge in [-0.25, -0.2) is 4.79 Å². The van der Waals surface area contributed by atoms with Gasteiger partial charge in [-0.1, -0.05) is 35.5 Å². The normalized spacial score (nSPS) is 29.9. The smallest absolute Gasteiger partial charge is 0.330 e. The number of carbonyl (C=O) groups excluding carboxylic acids is 3. The van der Waals surface area contributed by atoms with Crippen molar-refractivity contribution in [1.29, 1.82) is 0 Å². The summed E-state index contributed by atoms with van der Waals surface area (Å²) < 4.78 is 26.7. The van der Waals surface area contributed by atoms with E-state index in [0.717, 1.165) is 12.0 Å². The zero-order valence-corrected chi connectivity index (χ0v) is 29.9. The number of carbonyl (C=O) groups is 4. The molecule has 4 bridgehead atoms. The Bertz CT molecular complexity index is 1840. The van der Waals surface area contributed by atoms with Crippen molar-refractivity contribution in [3.05, 3.63) is 69.4 Å². The summed E-state index contributed by atoms with van der Waals surface area (Å²) in [4.78, 5) is 54.0. The second-order valence-corrected chi connectivity index (χ2v) is 15.3. The van der Waals surface area contributed by atoms with Crippen molar-refractivity contribution in [2.24, 2.45) is 11.8 Å². The number of aliphatic carboxylic acids is 1. The molecular formula is C40H46O9. The Kier molecular flexibility index (Phi) is 8.25. The van der Waals surface area contributed by atoms with Gasteiger partial charge in [0, 0.05) is 41.9 Å². The first kappa shape index (κ1) is 34.6. The maximum atomic E-state index is 15.1. The molecule has 1 saturated heterocycles. The summed E-state index contributed by atoms with van der Waals surface area (Å²) in [5.74, 6) is -2.71. The highest BCUT2D eigenvalue weighted by Crippen LogP contribution is 2.68. The average Bonchev–Trinajstić information content (AvgIpc) is 3.15. The lowest BCUT2D eigenvalue weighted by atomic mass is 9.51. The number of hydrogen-bond acceptors (Lipinski definition) is 8. The standard InChI is InChI=1S/C40H46O9/c1-21(2)11-10-16-38(9)17-15-27-32(47-38)26(13-12-22(3)4)34-30(33(27)46-24(6)41)31(42)28-19-25-20-29-37(7,8)49-39(35(25)43,40(28,29)48-34)18-14-23(5)36(44)45/h11-12,14-15,17,19,25,29H,10,13,16,18,20H2,1-9H3,(H,44,45)/b23-14+/t25?,29?,38?,39?,40-/m0/s1. The van der Waals surface area contributed by atoms with E-state index in [1.807, 2.05) is 66.7 Å². The predicted octanol–water partition coefficient (Wildman–Crippen LogP) is 7.46. The summed E-state index contributed by atoms with van der Waals surface area (Å²) >= 11 is 0. The van der Waals surface area contributed by atoms with Gasteiger partial charge in [-0.3, -0.25) is 14.4 Å². The molecule has 3 aliphatic carbocycles. The quantitative estimate of drug-likeness (QED) is 0.123. The zero-order valence-electron chi connectivity index (χ0n) is 29.9. The van der Waals surface area contributed by atoms with Gasteiger partial charge >= 0.3 is 11.9 Å². The van der Waals surface area contributed by atoms with Crippen LogP contribution in [0.25, 0.3) is 6.08 Å². The fourth-order valence-electron chi connectivity index (χ4n) is 8.41. The van der Waals surface area contributed by atoms with Crippen molar-refractivity contribution < 1.29 is 43.2 Å². The van der Waals surface area contributed by atoms with E-state index >= 15 is 4.79 Å². The first-order valence-electron chi connectivity index (χ1n) is 17.0. The van der Waals surface area contributed by atoms with E-state index in [9.17, 15) is 19.5 Å². The van der Waals surface area contributed by atoms with Crippen molar-refractivity contribution >= 4 is 29.6 Å². The van der Waals surface area contributed by atoms with Gasteiger partial charge < -0.3 is 24.1 Å². The lowest BCUT2D eigenvalue weighted by molar-refractivity contribution is -0.171. The summed E-state index contributed by atoms with van der Waals surface area (Å²) in [6.07, 6.45) is 13.3. The third kappa shape index (κ3) is 5.23. The van der Waals surface area contributed by atoms with Crippen LogP contribution in [0, 0.1) is 11.8 Å². The van der Waals surface area contributed by atoms with Crippen LogP contribution in [0.5, 0.6) is 17.2 Å². The predicted molar refractivity (Wildman–Crippen MR) is 184 cm³/mol. The Balaban J connectivity index is 1.64. The Morgan fingerprint density at radius 3 is 2.31 bits per heavy atom. The lowest BCUT2D eigenvalue weighted by Gasteiger charge is -2.56. The number of allylic oxidation sites excluding steroid dienone is 5. The molecule has 1 spiro atoms. The highest BCUT2D eigenvalue weighted by atomic mass is 16.6. The van der Waals surface area contributed by atoms with Crippen LogP contribution < -0.4 is 14.2 Å². The molecular weight excluding hydrogens is 624 g/mol. The number of fused-ring (bicyclic) bond motifs is 2. The van der Waals surface area contributed by atoms with E-state index in [1.54, 1.807) is 6.08 Å². The van der Waals surface area contributed by atoms with Crippen LogP contribution in [0.4, 0.5) is 0 Å². The van der Waals surface area contributed by atoms with Gasteiger partial charge in [-0.05, 0) is 93.2 Å². The maximum absolute atomic E-state index is 15.1. The van der Waals surface area contributed by atoms with Crippen molar-refractivity contribution in [3.63, 3.8) is 0 Å². The van der Waals surface area contributed by atoms with Crippen molar-refractivity contribution in [2.45, 2.75) is 117 Å². The Morgan fingerprint density at radius 2 is 1.67 bits per heavy atom. The van der Waals surface area contributed by atoms with Crippen LogP contribution in [0.1, 0.15) is 109 Å². The van der Waals surface area contributed by atoms with Gasteiger partial charge in [0.25, 0.3) is 0 Å². The van der Waals surface area contributed by atoms with Gasteiger partial charge in [0.2, 0.25) is 0 Å². The number of esters is 1. The number of Topliss-reactive ketones (excluding diaryl/α,β-unsaturated/α-hetero) is 2. The Labute approximate surface area is 287 Å². The van der Waals surface area contributed by atoms with E-state index in [2.05, 4.69) is 6.08 Å². The molecule has 0 amide bonds. The van der Waals surface area contributed by atoms with Gasteiger partial charge in [0.15, 0.2) is 28.5 Å². The molecule has 9 heteroatoms. The number of carboxylic acid groups (broad SMARTS) is 1. The molecule has 9 nitrogen and oxygen atoms in total. The fourth-order valence-corrected chi connectivity index (χ4v) is 8.41. The summed E-state index contributed by atoms with van der Waals surface area (Å²) in [5.41, 5.74) is -1.08. The molecule has 1 aromatic carbocycles. The number of benzene rings is 1. The summed E-state index contributed by atoms with van der Waals surface area (Å²) in [7, 11) is 0. The minimum absolute atomic E-state index is 0.0535. The summed E-state index contributed by atoms with van der Waals surface area (Å²) in [5, 5.41) is 9.70. The first-order valence-corrected chi connectivity index (χ1v) is 17.0. The minimum atomic E-state index is -1.66. The molecule has 7 rings (SSSR count). The number of ether oxygens (including phenoxy) is 4. The summed E-state index contributed by atoms with van der Waals surface area (Å²) in [6.45, 7) is 16.6. The monoisotopic (exact) mass is 670 g/mol. The number of ketones is 2. The third-order valence-corrected chi connectivity index (χ3v) is 10.7. The number of rotatable bonds is 9. The van der Waals surface area contributed by atoms with Crippen LogP contribution in [0.2, 0.25) is 0 Å². The number of hydrogen-bond donors (Lipinski definition) is 1. The van der Waals surface area contributed by atoms with Crippen LogP contribution in [-0.2, 0) is 25.5 Å². The second-order valence-electron chi connectivity index (χ2n) is 15.3. The third-order valence-electron chi connectivity index (χ3n) is 10.7. The molecule has 1 saturated carbocycles. The van der Waals surface area contributed by atoms with Crippen LogP contribution in [-0.4, -0.2) is 51.0 Å². The molecule has 1 aromatic rings. The molecule has 49 heavy (non-hydrogen) atoms. The molecule has 2 fully saturated rings. The highest BCUT2D eigenvalue weighted by Gasteiger charge is 2.81. The SMILES string of the molecule is CC(=O)Oc1c2c(c(CC=C(C)C)c3c1C(=O)C1=CC4CC5C(C)(C)OC(C/C=C(\C)C(=O)O)(C4=O)[C@]15O3)OC(C)(CCC=C(C)C)C=C2. The van der Waals surface area contributed by atoms with E-state index in [1.165, 1.54) is 25.5 Å². The molecule has 6 aliphatic rings. The molecule has 4 unspecified atom stereocenters.